The molecule has 4 heterocycles. The topological polar surface area (TPSA) is 152 Å². The number of aromatic nitrogens is 3. The first-order valence-electron chi connectivity index (χ1n) is 17.4. The molecule has 0 amide bonds. The number of nitrogens with one attached hydrogen (secondary N) is 1. The van der Waals surface area contributed by atoms with Gasteiger partial charge in [0.2, 0.25) is 5.89 Å². The summed E-state index contributed by atoms with van der Waals surface area (Å²) in [5.74, 6) is 0.314. The number of carboxylic acids is 1. The van der Waals surface area contributed by atoms with Gasteiger partial charge in [0.1, 0.15) is 17.1 Å². The molecule has 1 aliphatic rings. The minimum atomic E-state index is -0.784. The summed E-state index contributed by atoms with van der Waals surface area (Å²) in [6, 6.07) is 22.3. The molecule has 11 nitrogen and oxygen atoms in total. The van der Waals surface area contributed by atoms with Gasteiger partial charge in [-0.2, -0.15) is 5.26 Å². The first-order chi connectivity index (χ1) is 25.1. The maximum atomic E-state index is 11.8. The van der Waals surface area contributed by atoms with E-state index in [9.17, 15) is 20.3 Å². The largest absolute Gasteiger partial charge is 0.481 e. The summed E-state index contributed by atoms with van der Waals surface area (Å²) in [6.07, 6.45) is 4.22. The first kappa shape index (κ1) is 34.8. The molecule has 6 aromatic rings. The van der Waals surface area contributed by atoms with E-state index in [0.29, 0.717) is 67.5 Å². The van der Waals surface area contributed by atoms with Crippen LogP contribution < -0.4 is 5.32 Å². The normalized spacial score (nSPS) is 16.2. The summed E-state index contributed by atoms with van der Waals surface area (Å²) < 4.78 is 6.29. The van der Waals surface area contributed by atoms with Crippen molar-refractivity contribution in [1.29, 1.82) is 5.26 Å². The van der Waals surface area contributed by atoms with E-state index in [2.05, 4.69) is 51.3 Å². The van der Waals surface area contributed by atoms with Gasteiger partial charge in [-0.1, -0.05) is 24.3 Å². The minimum absolute atomic E-state index is 0.108. The number of fused-ring (bicyclic) bond motifs is 2. The number of aliphatic hydroxyl groups excluding tert-OH is 1. The third kappa shape index (κ3) is 6.72. The second-order valence-corrected chi connectivity index (χ2v) is 14.1. The van der Waals surface area contributed by atoms with E-state index in [1.807, 2.05) is 62.6 Å². The highest BCUT2D eigenvalue weighted by Crippen LogP contribution is 2.38. The van der Waals surface area contributed by atoms with Crippen LogP contribution in [0.15, 0.2) is 77.5 Å². The van der Waals surface area contributed by atoms with Gasteiger partial charge in [-0.25, -0.2) is 9.97 Å². The maximum Gasteiger partial charge on any atom is 0.310 e. The summed E-state index contributed by atoms with van der Waals surface area (Å²) >= 11 is 0. The Morgan fingerprint density at radius 2 is 1.83 bits per heavy atom. The number of rotatable bonds is 11. The molecule has 52 heavy (non-hydrogen) atoms. The van der Waals surface area contributed by atoms with E-state index in [4.69, 9.17) is 14.4 Å². The highest BCUT2D eigenvalue weighted by molar-refractivity contribution is 5.91. The van der Waals surface area contributed by atoms with Crippen LogP contribution in [-0.4, -0.2) is 74.2 Å². The molecule has 1 fully saturated rings. The smallest absolute Gasteiger partial charge is 0.310 e. The molecule has 0 radical (unpaired) electrons. The average Bonchev–Trinajstić information content (AvgIpc) is 3.73. The Kier molecular flexibility index (Phi) is 9.46. The van der Waals surface area contributed by atoms with Gasteiger partial charge in [0.15, 0.2) is 11.4 Å². The number of benzene rings is 3. The molecule has 3 aromatic carbocycles. The summed E-state index contributed by atoms with van der Waals surface area (Å²) in [7, 11) is 1.97. The van der Waals surface area contributed by atoms with Crippen LogP contribution >= 0.6 is 0 Å². The Bertz CT molecular complexity index is 2360. The SMILES string of the molecule is Cc1c(Nc2nccc3cc(CN(C)CCO)cnc23)cccc1-c1cccc(-c2nc3cc(CN4CCC(C)(C(=O)O)C4)cc(C#N)c3o2)c1C. The molecule has 1 atom stereocenters. The number of carbonyl (C=O) groups is 1. The van der Waals surface area contributed by atoms with Crippen molar-refractivity contribution in [1.82, 2.24) is 24.8 Å². The maximum absolute atomic E-state index is 11.8. The van der Waals surface area contributed by atoms with Crippen molar-refractivity contribution in [3.05, 3.63) is 101 Å². The average molecular weight is 696 g/mol. The molecule has 3 N–H and O–H groups in total. The highest BCUT2D eigenvalue weighted by atomic mass is 16.4. The van der Waals surface area contributed by atoms with Crippen LogP contribution in [0.2, 0.25) is 0 Å². The van der Waals surface area contributed by atoms with Gasteiger partial charge in [0.05, 0.1) is 17.6 Å². The Balaban J connectivity index is 1.17. The van der Waals surface area contributed by atoms with Crippen molar-refractivity contribution < 1.29 is 19.4 Å². The number of aliphatic hydroxyl groups is 1. The van der Waals surface area contributed by atoms with Crippen LogP contribution in [0.1, 0.15) is 41.2 Å². The van der Waals surface area contributed by atoms with E-state index >= 15 is 0 Å². The predicted octanol–water partition coefficient (Wildman–Crippen LogP) is 7.06. The van der Waals surface area contributed by atoms with Gasteiger partial charge in [0, 0.05) is 55.2 Å². The van der Waals surface area contributed by atoms with E-state index in [1.54, 1.807) is 13.1 Å². The van der Waals surface area contributed by atoms with E-state index in [1.165, 1.54) is 0 Å². The van der Waals surface area contributed by atoms with E-state index in [0.717, 1.165) is 55.5 Å². The lowest BCUT2D eigenvalue weighted by atomic mass is 9.90. The van der Waals surface area contributed by atoms with E-state index in [-0.39, 0.29) is 6.61 Å². The molecule has 0 spiro atoms. The van der Waals surface area contributed by atoms with Crippen molar-refractivity contribution >= 4 is 39.5 Å². The van der Waals surface area contributed by atoms with Gasteiger partial charge in [-0.15, -0.1) is 0 Å². The Hall–Kier alpha value is -5.67. The molecule has 0 aliphatic carbocycles. The molecule has 264 valence electrons. The molecular weight excluding hydrogens is 654 g/mol. The summed E-state index contributed by atoms with van der Waals surface area (Å²) in [5, 5.41) is 33.5. The number of nitrogens with zero attached hydrogens (tertiary/aromatic N) is 6. The third-order valence-electron chi connectivity index (χ3n) is 10.2. The van der Waals surface area contributed by atoms with Crippen molar-refractivity contribution in [3.8, 4) is 28.7 Å². The van der Waals surface area contributed by atoms with Crippen LogP contribution in [-0.2, 0) is 17.9 Å². The Labute approximate surface area is 302 Å². The lowest BCUT2D eigenvalue weighted by molar-refractivity contribution is -0.147. The summed E-state index contributed by atoms with van der Waals surface area (Å²) in [4.78, 5) is 30.2. The number of carboxylic acid groups (broad SMARTS) is 1. The second-order valence-electron chi connectivity index (χ2n) is 14.1. The van der Waals surface area contributed by atoms with Gasteiger partial charge in [-0.3, -0.25) is 19.6 Å². The van der Waals surface area contributed by atoms with Gasteiger partial charge in [0.25, 0.3) is 0 Å². The lowest BCUT2D eigenvalue weighted by Gasteiger charge is -2.20. The quantitative estimate of drug-likeness (QED) is 0.128. The number of pyridine rings is 2. The molecule has 1 unspecified atom stereocenters. The molecule has 3 aromatic heterocycles. The molecule has 0 saturated carbocycles. The standard InChI is InChI=1S/C41H41N7O4/c1-25-31(32-8-6-10-34(26(32)2)45-38-36-29(11-13-43-38)18-28(21-44-36)22-47(4)15-16-49)7-5-9-33(25)39-46-35-19-27(17-30(20-42)37(35)52-39)23-48-14-12-41(3,24-48)40(50)51/h5-11,13,17-19,21,49H,12,14-16,22-24H2,1-4H3,(H,43,45)(H,50,51). The number of hydrogen-bond donors (Lipinski definition) is 3. The monoisotopic (exact) mass is 695 g/mol. The summed E-state index contributed by atoms with van der Waals surface area (Å²) in [6.45, 7) is 8.96. The number of likely N-dealkylation sites (tertiary alicyclic amines) is 1. The molecular formula is C41H41N7O4. The third-order valence-corrected chi connectivity index (χ3v) is 10.2. The number of aliphatic carboxylic acids is 1. The lowest BCUT2D eigenvalue weighted by Crippen LogP contribution is -2.31. The van der Waals surface area contributed by atoms with Crippen LogP contribution in [0.3, 0.4) is 0 Å². The number of likely N-dealkylation sites (N-methyl/N-ethyl adjacent to an activating group) is 1. The molecule has 11 heteroatoms. The number of oxazole rings is 1. The van der Waals surface area contributed by atoms with Crippen molar-refractivity contribution in [2.75, 3.05) is 38.6 Å². The van der Waals surface area contributed by atoms with Crippen LogP contribution in [0.25, 0.3) is 44.6 Å². The first-order valence-corrected chi connectivity index (χ1v) is 17.4. The van der Waals surface area contributed by atoms with Crippen LogP contribution in [0.4, 0.5) is 11.5 Å². The van der Waals surface area contributed by atoms with Crippen molar-refractivity contribution in [2.45, 2.75) is 40.3 Å². The molecule has 7 rings (SSSR count). The zero-order valence-electron chi connectivity index (χ0n) is 29.8. The molecule has 0 bridgehead atoms. The summed E-state index contributed by atoms with van der Waals surface area (Å²) in [5.41, 5.74) is 9.22. The van der Waals surface area contributed by atoms with Crippen molar-refractivity contribution in [3.63, 3.8) is 0 Å². The Morgan fingerprint density at radius 3 is 2.58 bits per heavy atom. The number of hydrogen-bond acceptors (Lipinski definition) is 10. The van der Waals surface area contributed by atoms with Gasteiger partial charge < -0.3 is 19.9 Å². The van der Waals surface area contributed by atoms with Crippen LogP contribution in [0, 0.1) is 30.6 Å². The highest BCUT2D eigenvalue weighted by Gasteiger charge is 2.40. The molecule has 1 saturated heterocycles. The number of nitriles is 1. The second kappa shape index (κ2) is 14.2. The van der Waals surface area contributed by atoms with E-state index < -0.39 is 11.4 Å². The number of anilines is 2. The zero-order chi connectivity index (χ0) is 36.6. The van der Waals surface area contributed by atoms with Crippen molar-refractivity contribution in [2.24, 2.45) is 5.41 Å². The van der Waals surface area contributed by atoms with Crippen LogP contribution in [0.5, 0.6) is 0 Å². The molecule has 1 aliphatic heterocycles. The fraction of sp³-hybridized carbons (Fsp3) is 0.293. The fourth-order valence-corrected chi connectivity index (χ4v) is 7.20. The zero-order valence-corrected chi connectivity index (χ0v) is 29.8. The van der Waals surface area contributed by atoms with Gasteiger partial charge in [-0.05, 0) is 111 Å². The Morgan fingerprint density at radius 1 is 1.06 bits per heavy atom. The minimum Gasteiger partial charge on any atom is -0.481 e. The fourth-order valence-electron chi connectivity index (χ4n) is 7.20. The predicted molar refractivity (Wildman–Crippen MR) is 201 cm³/mol. The van der Waals surface area contributed by atoms with Gasteiger partial charge >= 0.3 is 5.97 Å².